The van der Waals surface area contributed by atoms with E-state index in [9.17, 15) is 10.2 Å². The Hall–Kier alpha value is -3.41. The molecule has 5 heterocycles. The zero-order chi connectivity index (χ0) is 32.9. The smallest absolute Gasteiger partial charge is 0.194 e. The number of nitrogens with zero attached hydrogens (tertiary/aromatic N) is 5. The molecule has 0 unspecified atom stereocenters. The number of halogens is 1. The van der Waals surface area contributed by atoms with Crippen molar-refractivity contribution in [2.45, 2.75) is 67.1 Å². The molecule has 3 aromatic carbocycles. The maximum absolute atomic E-state index is 10.7. The summed E-state index contributed by atoms with van der Waals surface area (Å²) in [6, 6.07) is 18.9. The zero-order valence-corrected chi connectivity index (χ0v) is 29.5. The number of aliphatic hydroxyl groups excluding tert-OH is 1. The van der Waals surface area contributed by atoms with Crippen LogP contribution in [0.1, 0.15) is 59.6 Å². The number of hydrogen-bond acceptors (Lipinski definition) is 7. The average Bonchev–Trinajstić information content (AvgIpc) is 3.72. The Morgan fingerprint density at radius 1 is 0.896 bits per heavy atom. The third-order valence-electron chi connectivity index (χ3n) is 9.65. The zero-order valence-electron chi connectivity index (χ0n) is 27.1. The molecule has 0 spiro atoms. The van der Waals surface area contributed by atoms with Crippen molar-refractivity contribution in [3.05, 3.63) is 93.7 Å². The van der Waals surface area contributed by atoms with Gasteiger partial charge in [0.05, 0.1) is 34.2 Å². The van der Waals surface area contributed by atoms with Gasteiger partial charge in [-0.2, -0.15) is 10.2 Å². The maximum atomic E-state index is 10.7. The fourth-order valence-corrected chi connectivity index (χ4v) is 9.53. The summed E-state index contributed by atoms with van der Waals surface area (Å²) in [5.74, 6) is 3.14. The summed E-state index contributed by atoms with van der Waals surface area (Å²) in [7, 11) is 3.93. The molecular formula is C37H38ClN5O3S2. The molecule has 6 aromatic rings. The van der Waals surface area contributed by atoms with Crippen LogP contribution >= 0.6 is 35.1 Å². The minimum absolute atomic E-state index is 0.485. The van der Waals surface area contributed by atoms with Gasteiger partial charge in [0.15, 0.2) is 6.29 Å². The van der Waals surface area contributed by atoms with Crippen molar-refractivity contribution in [1.29, 1.82) is 0 Å². The van der Waals surface area contributed by atoms with Crippen molar-refractivity contribution >= 4 is 56.8 Å². The summed E-state index contributed by atoms with van der Waals surface area (Å²) in [5.41, 5.74) is 8.75. The van der Waals surface area contributed by atoms with Crippen molar-refractivity contribution in [3.8, 4) is 16.9 Å². The first-order chi connectivity index (χ1) is 23.4. The molecule has 248 valence electrons. The van der Waals surface area contributed by atoms with E-state index in [1.54, 1.807) is 11.8 Å². The van der Waals surface area contributed by atoms with Gasteiger partial charge in [0.25, 0.3) is 0 Å². The molecule has 8 rings (SSSR count). The molecule has 0 fully saturated rings. The van der Waals surface area contributed by atoms with Crippen molar-refractivity contribution in [1.82, 2.24) is 24.1 Å². The molecular weight excluding hydrogens is 662 g/mol. The summed E-state index contributed by atoms with van der Waals surface area (Å²) < 4.78 is 12.6. The summed E-state index contributed by atoms with van der Waals surface area (Å²) in [6.45, 7) is 1.37. The Morgan fingerprint density at radius 3 is 2.65 bits per heavy atom. The maximum Gasteiger partial charge on any atom is 0.194 e. The van der Waals surface area contributed by atoms with Gasteiger partial charge < -0.3 is 19.5 Å². The van der Waals surface area contributed by atoms with Crippen LogP contribution in [0.15, 0.2) is 59.5 Å². The Bertz CT molecular complexity index is 2170. The van der Waals surface area contributed by atoms with E-state index >= 15 is 0 Å². The molecule has 0 radical (unpaired) electrons. The van der Waals surface area contributed by atoms with Gasteiger partial charge in [-0.25, -0.2) is 0 Å². The largest absolute Gasteiger partial charge is 0.493 e. The standard InChI is InChI=1S/C37H38ClN5O3S2/c1-41-35-28-12-13-29(38)33(35)34-30(40-43-14-6-5-11-31(34)43)21-47-19-23-17-24(42(2)39-23)20-48-25-16-22-8-3-4-9-26(22)32(18-25)46-15-7-10-27(28)36(41)37(44)45/h3-4,8-9,12-13,16-18,37,44-45H,5-7,10-11,14-15,19-21H2,1-2H3. The number of aromatic nitrogens is 5. The minimum atomic E-state index is -1.63. The predicted octanol–water partition coefficient (Wildman–Crippen LogP) is 7.95. The Morgan fingerprint density at radius 2 is 1.77 bits per heavy atom. The van der Waals surface area contributed by atoms with E-state index in [0.717, 1.165) is 97.7 Å². The Kier molecular flexibility index (Phi) is 8.71. The lowest BCUT2D eigenvalue weighted by Crippen LogP contribution is -2.11. The normalized spacial score (nSPS) is 15.8. The van der Waals surface area contributed by atoms with Crippen molar-refractivity contribution in [2.75, 3.05) is 6.61 Å². The van der Waals surface area contributed by atoms with E-state index in [2.05, 4.69) is 41.1 Å². The van der Waals surface area contributed by atoms with Gasteiger partial charge in [-0.3, -0.25) is 9.36 Å². The van der Waals surface area contributed by atoms with Crippen LogP contribution < -0.4 is 4.74 Å². The number of rotatable bonds is 1. The van der Waals surface area contributed by atoms with E-state index in [4.69, 9.17) is 26.5 Å². The van der Waals surface area contributed by atoms with Gasteiger partial charge in [0.1, 0.15) is 5.75 Å². The van der Waals surface area contributed by atoms with Crippen LogP contribution in [-0.2, 0) is 50.7 Å². The highest BCUT2D eigenvalue weighted by Gasteiger charge is 2.29. The lowest BCUT2D eigenvalue weighted by molar-refractivity contribution is -0.0481. The molecule has 11 heteroatoms. The van der Waals surface area contributed by atoms with E-state index in [1.165, 1.54) is 11.4 Å². The van der Waals surface area contributed by atoms with Crippen LogP contribution in [0.25, 0.3) is 32.8 Å². The molecule has 0 saturated carbocycles. The molecule has 0 atom stereocenters. The Labute approximate surface area is 293 Å². The topological polar surface area (TPSA) is 90.3 Å². The van der Waals surface area contributed by atoms with Gasteiger partial charge in [0, 0.05) is 76.1 Å². The first kappa shape index (κ1) is 31.8. The number of aryl methyl sites for hydroxylation is 4. The summed E-state index contributed by atoms with van der Waals surface area (Å²) >= 11 is 10.7. The van der Waals surface area contributed by atoms with Crippen molar-refractivity contribution < 1.29 is 14.9 Å². The highest BCUT2D eigenvalue weighted by molar-refractivity contribution is 7.98. The molecule has 3 aromatic heterocycles. The van der Waals surface area contributed by atoms with E-state index in [0.29, 0.717) is 35.9 Å². The number of hydrogen-bond donors (Lipinski definition) is 2. The Balaban J connectivity index is 1.26. The van der Waals surface area contributed by atoms with Gasteiger partial charge in [-0.05, 0) is 67.3 Å². The molecule has 8 nitrogen and oxygen atoms in total. The molecule has 0 amide bonds. The first-order valence-corrected chi connectivity index (χ1v) is 19.0. The lowest BCUT2D eigenvalue weighted by atomic mass is 9.95. The summed E-state index contributed by atoms with van der Waals surface area (Å²) in [6.07, 6.45) is 2.82. The van der Waals surface area contributed by atoms with Crippen LogP contribution in [-0.4, -0.2) is 40.9 Å². The number of benzene rings is 3. The molecule has 2 N–H and O–H groups in total. The second-order valence-corrected chi connectivity index (χ2v) is 15.1. The second-order valence-electron chi connectivity index (χ2n) is 12.7. The third-order valence-corrected chi connectivity index (χ3v) is 11.9. The minimum Gasteiger partial charge on any atom is -0.493 e. The molecule has 2 aliphatic heterocycles. The summed E-state index contributed by atoms with van der Waals surface area (Å²) in [5, 5.41) is 35.3. The van der Waals surface area contributed by atoms with Crippen LogP contribution in [0.2, 0.25) is 5.02 Å². The molecule has 2 aliphatic rings. The average molecular weight is 700 g/mol. The lowest BCUT2D eigenvalue weighted by Gasteiger charge is -2.17. The van der Waals surface area contributed by atoms with Crippen molar-refractivity contribution in [3.63, 3.8) is 0 Å². The highest BCUT2D eigenvalue weighted by Crippen LogP contribution is 2.44. The predicted molar refractivity (Wildman–Crippen MR) is 195 cm³/mol. The third kappa shape index (κ3) is 5.71. The molecule has 8 bridgehead atoms. The monoisotopic (exact) mass is 699 g/mol. The number of aliphatic hydroxyl groups is 2. The SMILES string of the molecule is Cn1nc2cc1CSc1cc(c3ccccc3c1)OCCCc1c(C(O)O)n(C)c3c(c(Cl)ccc13)-c1c(nn3c1CCCC3)CSC2. The van der Waals surface area contributed by atoms with E-state index < -0.39 is 6.29 Å². The van der Waals surface area contributed by atoms with Crippen LogP contribution in [0, 0.1) is 0 Å². The molecule has 0 aliphatic carbocycles. The van der Waals surface area contributed by atoms with Gasteiger partial charge in [-0.1, -0.05) is 41.9 Å². The van der Waals surface area contributed by atoms with Gasteiger partial charge in [-0.15, -0.1) is 23.5 Å². The van der Waals surface area contributed by atoms with Crippen molar-refractivity contribution in [2.24, 2.45) is 14.1 Å². The van der Waals surface area contributed by atoms with E-state index in [-0.39, 0.29) is 0 Å². The summed E-state index contributed by atoms with van der Waals surface area (Å²) in [4.78, 5) is 1.15. The quantitative estimate of drug-likeness (QED) is 0.168. The van der Waals surface area contributed by atoms with Crippen LogP contribution in [0.4, 0.5) is 0 Å². The fourth-order valence-electron chi connectivity index (χ4n) is 7.45. The van der Waals surface area contributed by atoms with Crippen LogP contribution in [0.5, 0.6) is 5.75 Å². The number of ether oxygens (including phenoxy) is 1. The second kappa shape index (κ2) is 13.1. The number of fused-ring (bicyclic) bond motifs is 10. The first-order valence-electron chi connectivity index (χ1n) is 16.5. The van der Waals surface area contributed by atoms with E-state index in [1.807, 2.05) is 53.3 Å². The highest BCUT2D eigenvalue weighted by atomic mass is 35.5. The van der Waals surface area contributed by atoms with Crippen LogP contribution in [0.3, 0.4) is 0 Å². The van der Waals surface area contributed by atoms with Gasteiger partial charge >= 0.3 is 0 Å². The number of thioether (sulfide) groups is 2. The molecule has 0 saturated heterocycles. The van der Waals surface area contributed by atoms with Gasteiger partial charge in [0.2, 0.25) is 0 Å². The molecule has 48 heavy (non-hydrogen) atoms. The fraction of sp³-hybridized carbons (Fsp3) is 0.351.